The van der Waals surface area contributed by atoms with Crippen molar-refractivity contribution in [1.29, 1.82) is 0 Å². The van der Waals surface area contributed by atoms with E-state index in [1.807, 2.05) is 83.8 Å². The molecular formula is C26H27N3O2. The summed E-state index contributed by atoms with van der Waals surface area (Å²) in [7, 11) is 1.64. The Labute approximate surface area is 183 Å². The van der Waals surface area contributed by atoms with E-state index in [9.17, 15) is 9.59 Å². The first-order valence-corrected chi connectivity index (χ1v) is 10.7. The van der Waals surface area contributed by atoms with Crippen molar-refractivity contribution in [1.82, 2.24) is 15.2 Å². The highest BCUT2D eigenvalue weighted by Crippen LogP contribution is 2.36. The molecule has 2 aromatic carbocycles. The smallest absolute Gasteiger partial charge is 0.234 e. The lowest BCUT2D eigenvalue weighted by molar-refractivity contribution is -0.137. The van der Waals surface area contributed by atoms with Gasteiger partial charge in [-0.15, -0.1) is 0 Å². The largest absolute Gasteiger partial charge is 0.358 e. The molecule has 5 heteroatoms. The average Bonchev–Trinajstić information content (AvgIpc) is 2.85. The van der Waals surface area contributed by atoms with E-state index in [0.717, 1.165) is 17.5 Å². The molecule has 0 spiro atoms. The molecule has 0 radical (unpaired) electrons. The van der Waals surface area contributed by atoms with Crippen LogP contribution in [0.1, 0.15) is 35.6 Å². The zero-order valence-electron chi connectivity index (χ0n) is 17.7. The van der Waals surface area contributed by atoms with Gasteiger partial charge in [0.1, 0.15) is 5.41 Å². The van der Waals surface area contributed by atoms with E-state index in [-0.39, 0.29) is 11.8 Å². The number of carbonyl (C=O) groups excluding carboxylic acids is 2. The fourth-order valence-electron chi connectivity index (χ4n) is 4.59. The Balaban J connectivity index is 1.72. The summed E-state index contributed by atoms with van der Waals surface area (Å²) in [4.78, 5) is 33.3. The second kappa shape index (κ2) is 9.13. The number of nitrogens with one attached hydrogen (secondary N) is 1. The topological polar surface area (TPSA) is 62.3 Å². The van der Waals surface area contributed by atoms with Crippen LogP contribution in [0.2, 0.25) is 0 Å². The Bertz CT molecular complexity index is 985. The molecule has 5 nitrogen and oxygen atoms in total. The van der Waals surface area contributed by atoms with Crippen LogP contribution in [-0.2, 0) is 15.0 Å². The van der Waals surface area contributed by atoms with E-state index in [0.29, 0.717) is 25.2 Å². The molecule has 1 fully saturated rings. The van der Waals surface area contributed by atoms with Gasteiger partial charge in [-0.25, -0.2) is 0 Å². The molecule has 3 aromatic rings. The molecule has 0 unspecified atom stereocenters. The molecule has 1 aliphatic rings. The number of hydrogen-bond acceptors (Lipinski definition) is 3. The summed E-state index contributed by atoms with van der Waals surface area (Å²) in [6.45, 7) is 0.944. The summed E-state index contributed by atoms with van der Waals surface area (Å²) in [6.07, 6.45) is 3.11. The van der Waals surface area contributed by atoms with Crippen LogP contribution in [0.5, 0.6) is 0 Å². The number of amides is 2. The van der Waals surface area contributed by atoms with Gasteiger partial charge in [0.15, 0.2) is 0 Å². The van der Waals surface area contributed by atoms with Gasteiger partial charge < -0.3 is 10.2 Å². The summed E-state index contributed by atoms with van der Waals surface area (Å²) >= 11 is 0. The first-order valence-electron chi connectivity index (χ1n) is 10.7. The third kappa shape index (κ3) is 4.08. The predicted molar refractivity (Wildman–Crippen MR) is 121 cm³/mol. The minimum atomic E-state index is -0.845. The number of carbonyl (C=O) groups is 2. The number of hydrogen-bond donors (Lipinski definition) is 1. The summed E-state index contributed by atoms with van der Waals surface area (Å²) in [5.41, 5.74) is 1.77. The van der Waals surface area contributed by atoms with Gasteiger partial charge in [-0.2, -0.15) is 0 Å². The fraction of sp³-hybridized carbons (Fsp3) is 0.269. The Morgan fingerprint density at radius 3 is 2.10 bits per heavy atom. The molecule has 4 rings (SSSR count). The number of aromatic nitrogens is 1. The van der Waals surface area contributed by atoms with E-state index in [4.69, 9.17) is 0 Å². The van der Waals surface area contributed by atoms with Crippen LogP contribution in [0.15, 0.2) is 85.1 Å². The molecule has 158 valence electrons. The van der Waals surface area contributed by atoms with Gasteiger partial charge in [0, 0.05) is 26.3 Å². The lowest BCUT2D eigenvalue weighted by Gasteiger charge is -2.42. The monoisotopic (exact) mass is 413 g/mol. The van der Waals surface area contributed by atoms with Gasteiger partial charge in [-0.1, -0.05) is 66.7 Å². The molecule has 2 amide bonds. The molecular weight excluding hydrogens is 386 g/mol. The van der Waals surface area contributed by atoms with Gasteiger partial charge in [0.25, 0.3) is 0 Å². The Morgan fingerprint density at radius 1 is 0.935 bits per heavy atom. The zero-order valence-corrected chi connectivity index (χ0v) is 17.7. The van der Waals surface area contributed by atoms with Gasteiger partial charge in [-0.3, -0.25) is 14.6 Å². The first-order chi connectivity index (χ1) is 15.2. The summed E-state index contributed by atoms with van der Waals surface area (Å²) in [5.74, 6) is -0.493. The standard InChI is InChI=1S/C26H27N3O2/c1-27-25(31)26(22-15-8-9-17-28-22)16-10-18-29(19-26)24(30)23(20-11-4-2-5-12-20)21-13-6-3-7-14-21/h2-9,11-15,17,23H,10,16,18-19H2,1H3,(H,27,31)/t26-/m1/s1. The molecule has 1 N–H and O–H groups in total. The van der Waals surface area contributed by atoms with Gasteiger partial charge >= 0.3 is 0 Å². The van der Waals surface area contributed by atoms with Crippen molar-refractivity contribution in [2.45, 2.75) is 24.2 Å². The first kappa shape index (κ1) is 20.8. The van der Waals surface area contributed by atoms with Crippen LogP contribution in [0.25, 0.3) is 0 Å². The van der Waals surface area contributed by atoms with Crippen LogP contribution in [-0.4, -0.2) is 41.8 Å². The van der Waals surface area contributed by atoms with Crippen molar-refractivity contribution in [2.75, 3.05) is 20.1 Å². The van der Waals surface area contributed by atoms with Crippen molar-refractivity contribution in [2.24, 2.45) is 0 Å². The second-order valence-corrected chi connectivity index (χ2v) is 7.99. The van der Waals surface area contributed by atoms with Gasteiger partial charge in [0.05, 0.1) is 11.6 Å². The molecule has 1 atom stereocenters. The van der Waals surface area contributed by atoms with E-state index >= 15 is 0 Å². The molecule has 0 saturated carbocycles. The molecule has 31 heavy (non-hydrogen) atoms. The maximum absolute atomic E-state index is 13.9. The third-order valence-corrected chi connectivity index (χ3v) is 6.13. The van der Waals surface area contributed by atoms with E-state index < -0.39 is 11.3 Å². The van der Waals surface area contributed by atoms with Crippen LogP contribution < -0.4 is 5.32 Å². The maximum Gasteiger partial charge on any atom is 0.234 e. The molecule has 0 aliphatic carbocycles. The van der Waals surface area contributed by atoms with E-state index in [1.54, 1.807) is 13.2 Å². The van der Waals surface area contributed by atoms with Crippen LogP contribution >= 0.6 is 0 Å². The highest BCUT2D eigenvalue weighted by molar-refractivity contribution is 5.91. The number of pyridine rings is 1. The fourth-order valence-corrected chi connectivity index (χ4v) is 4.59. The van der Waals surface area contributed by atoms with Crippen LogP contribution in [0.4, 0.5) is 0 Å². The van der Waals surface area contributed by atoms with Gasteiger partial charge in [0.2, 0.25) is 11.8 Å². The second-order valence-electron chi connectivity index (χ2n) is 7.99. The van der Waals surface area contributed by atoms with Crippen molar-refractivity contribution in [3.63, 3.8) is 0 Å². The highest BCUT2D eigenvalue weighted by Gasteiger charge is 2.46. The van der Waals surface area contributed by atoms with Gasteiger partial charge in [-0.05, 0) is 36.1 Å². The lowest BCUT2D eigenvalue weighted by Crippen LogP contribution is -2.56. The summed E-state index contributed by atoms with van der Waals surface area (Å²) in [6, 6.07) is 25.3. The molecule has 1 saturated heterocycles. The predicted octanol–water partition coefficient (Wildman–Crippen LogP) is 3.52. The number of benzene rings is 2. The zero-order chi connectivity index (χ0) is 21.7. The number of likely N-dealkylation sites (tertiary alicyclic amines) is 1. The van der Waals surface area contributed by atoms with E-state index in [1.165, 1.54) is 0 Å². The lowest BCUT2D eigenvalue weighted by atomic mass is 9.75. The summed E-state index contributed by atoms with van der Waals surface area (Å²) in [5, 5.41) is 2.81. The van der Waals surface area contributed by atoms with Crippen LogP contribution in [0, 0.1) is 0 Å². The summed E-state index contributed by atoms with van der Waals surface area (Å²) < 4.78 is 0. The molecule has 2 heterocycles. The van der Waals surface area contributed by atoms with E-state index in [2.05, 4.69) is 10.3 Å². The number of rotatable bonds is 5. The van der Waals surface area contributed by atoms with Crippen molar-refractivity contribution < 1.29 is 9.59 Å². The average molecular weight is 414 g/mol. The molecule has 1 aromatic heterocycles. The Morgan fingerprint density at radius 2 is 1.55 bits per heavy atom. The Hall–Kier alpha value is -3.47. The van der Waals surface area contributed by atoms with Crippen molar-refractivity contribution in [3.05, 3.63) is 102 Å². The van der Waals surface area contributed by atoms with Crippen LogP contribution in [0.3, 0.4) is 0 Å². The normalized spacial score (nSPS) is 18.6. The maximum atomic E-state index is 13.9. The number of likely N-dealkylation sites (N-methyl/N-ethyl adjacent to an activating group) is 1. The SMILES string of the molecule is CNC(=O)[C@]1(c2ccccn2)CCCN(C(=O)C(c2ccccc2)c2ccccc2)C1. The molecule has 1 aliphatic heterocycles. The highest BCUT2D eigenvalue weighted by atomic mass is 16.2. The molecule has 0 bridgehead atoms. The van der Waals surface area contributed by atoms with Crippen molar-refractivity contribution >= 4 is 11.8 Å². The third-order valence-electron chi connectivity index (χ3n) is 6.13. The quantitative estimate of drug-likeness (QED) is 0.696. The van der Waals surface area contributed by atoms with Crippen molar-refractivity contribution in [3.8, 4) is 0 Å². The Kier molecular flexibility index (Phi) is 6.12. The minimum absolute atomic E-state index is 0.0151. The minimum Gasteiger partial charge on any atom is -0.358 e. The number of nitrogens with zero attached hydrogens (tertiary/aromatic N) is 2. The number of piperidine rings is 1.